The van der Waals surface area contributed by atoms with Crippen LogP contribution >= 0.6 is 0 Å². The molecular weight excluding hydrogens is 731 g/mol. The number of para-hydroxylation sites is 3. The maximum atomic E-state index is 6.75. The lowest BCUT2D eigenvalue weighted by Gasteiger charge is -2.39. The van der Waals surface area contributed by atoms with E-state index in [4.69, 9.17) is 19.7 Å². The van der Waals surface area contributed by atoms with Crippen molar-refractivity contribution in [1.29, 1.82) is 0 Å². The van der Waals surface area contributed by atoms with Crippen LogP contribution in [0.1, 0.15) is 22.3 Å². The molecule has 3 aromatic heterocycles. The molecule has 278 valence electrons. The highest BCUT2D eigenvalue weighted by Crippen LogP contribution is 2.63. The van der Waals surface area contributed by atoms with Gasteiger partial charge in [-0.2, -0.15) is 0 Å². The van der Waals surface area contributed by atoms with Gasteiger partial charge in [0.05, 0.1) is 39.0 Å². The van der Waals surface area contributed by atoms with E-state index in [9.17, 15) is 0 Å². The van der Waals surface area contributed by atoms with E-state index in [0.717, 1.165) is 94.5 Å². The first-order chi connectivity index (χ1) is 29.7. The largest absolute Gasteiger partial charge is 0.457 e. The molecule has 0 fully saturated rings. The van der Waals surface area contributed by atoms with E-state index in [0.29, 0.717) is 0 Å². The van der Waals surface area contributed by atoms with Crippen molar-refractivity contribution in [3.8, 4) is 56.4 Å². The number of hydrogen-bond acceptors (Lipinski definition) is 4. The van der Waals surface area contributed by atoms with E-state index in [1.807, 2.05) is 6.07 Å². The van der Waals surface area contributed by atoms with Crippen LogP contribution in [0.25, 0.3) is 88.4 Å². The topological polar surface area (TPSA) is 47.9 Å². The quantitative estimate of drug-likeness (QED) is 0.168. The van der Waals surface area contributed by atoms with Crippen LogP contribution in [0, 0.1) is 0 Å². The van der Waals surface area contributed by atoms with Crippen LogP contribution in [0.15, 0.2) is 200 Å². The minimum absolute atomic E-state index is 0.673. The Morgan fingerprint density at radius 2 is 0.917 bits per heavy atom. The van der Waals surface area contributed by atoms with Crippen molar-refractivity contribution in [1.82, 2.24) is 15.0 Å². The number of aromatic nitrogens is 3. The van der Waals surface area contributed by atoms with Crippen LogP contribution in [-0.2, 0) is 5.41 Å². The summed E-state index contributed by atoms with van der Waals surface area (Å²) < 4.78 is 6.75. The monoisotopic (exact) mass is 763 g/mol. The SMILES string of the molecule is c1ccc(-c2ccc3ccc4ccc(-c5ccc6c(c5)C5(c7ccccc7Oc7ccccc75)c5cc7c(cc5-6)c(-c5ccccc5)nc5ccccc57)nc4c3n2)cc1. The Bertz CT molecular complexity index is 3530. The molecule has 1 aliphatic carbocycles. The zero-order chi connectivity index (χ0) is 39.4. The van der Waals surface area contributed by atoms with Gasteiger partial charge in [0, 0.05) is 49.4 Å². The summed E-state index contributed by atoms with van der Waals surface area (Å²) in [4.78, 5) is 16.0. The predicted octanol–water partition coefficient (Wildman–Crippen LogP) is 14.0. The predicted molar refractivity (Wildman–Crippen MR) is 244 cm³/mol. The zero-order valence-corrected chi connectivity index (χ0v) is 32.3. The van der Waals surface area contributed by atoms with E-state index in [1.54, 1.807) is 0 Å². The third-order valence-corrected chi connectivity index (χ3v) is 12.7. The van der Waals surface area contributed by atoms with E-state index in [-0.39, 0.29) is 0 Å². The summed E-state index contributed by atoms with van der Waals surface area (Å²) in [5.41, 5.74) is 15.2. The molecule has 0 unspecified atom stereocenters. The molecule has 0 saturated heterocycles. The number of ether oxygens (including phenoxy) is 1. The van der Waals surface area contributed by atoms with Crippen molar-refractivity contribution in [2.75, 3.05) is 0 Å². The molecule has 13 rings (SSSR count). The van der Waals surface area contributed by atoms with Crippen molar-refractivity contribution in [2.45, 2.75) is 5.41 Å². The Hall–Kier alpha value is -7.95. The second-order valence-electron chi connectivity index (χ2n) is 15.9. The van der Waals surface area contributed by atoms with Gasteiger partial charge in [-0.1, -0.05) is 152 Å². The highest BCUT2D eigenvalue weighted by Gasteiger charge is 2.51. The molecule has 0 atom stereocenters. The second-order valence-corrected chi connectivity index (χ2v) is 15.9. The van der Waals surface area contributed by atoms with Crippen molar-refractivity contribution < 1.29 is 4.74 Å². The Morgan fingerprint density at radius 3 is 1.62 bits per heavy atom. The summed E-state index contributed by atoms with van der Waals surface area (Å²) in [7, 11) is 0. The van der Waals surface area contributed by atoms with E-state index in [2.05, 4.69) is 194 Å². The summed E-state index contributed by atoms with van der Waals surface area (Å²) in [5.74, 6) is 1.72. The van der Waals surface area contributed by atoms with Crippen LogP contribution in [0.2, 0.25) is 0 Å². The van der Waals surface area contributed by atoms with E-state index < -0.39 is 5.41 Å². The van der Waals surface area contributed by atoms with Gasteiger partial charge in [-0.15, -0.1) is 0 Å². The average molecular weight is 764 g/mol. The van der Waals surface area contributed by atoms with Crippen LogP contribution in [0.5, 0.6) is 11.5 Å². The number of benzene rings is 8. The number of nitrogens with zero attached hydrogens (tertiary/aromatic N) is 3. The molecule has 4 heteroatoms. The van der Waals surface area contributed by atoms with Crippen molar-refractivity contribution in [3.05, 3.63) is 222 Å². The summed E-state index contributed by atoms with van der Waals surface area (Å²) in [5, 5.41) is 5.56. The maximum absolute atomic E-state index is 6.75. The fourth-order valence-corrected chi connectivity index (χ4v) is 10.0. The van der Waals surface area contributed by atoms with Gasteiger partial charge in [0.25, 0.3) is 0 Å². The standard InChI is InChI=1S/C56H33N3O/c1-3-13-34(14-4-1)48-29-26-36-23-24-37-27-30-49(58-55(37)54(36)57-48)38-25-28-39-42-32-43-41(40-17-7-10-20-50(40)59-53(43)35-15-5-2-6-16-35)33-47(42)56(46(39)31-38)44-18-8-11-21-51(44)60-52-22-12-9-19-45(52)56/h1-33H. The van der Waals surface area contributed by atoms with Gasteiger partial charge >= 0.3 is 0 Å². The fraction of sp³-hybridized carbons (Fsp3) is 0.0179. The average Bonchev–Trinajstić information content (AvgIpc) is 3.59. The molecule has 0 radical (unpaired) electrons. The Balaban J connectivity index is 1.11. The smallest absolute Gasteiger partial charge is 0.132 e. The molecule has 4 heterocycles. The van der Waals surface area contributed by atoms with Crippen LogP contribution in [0.3, 0.4) is 0 Å². The summed E-state index contributed by atoms with van der Waals surface area (Å²) in [6, 6.07) is 71.2. The second kappa shape index (κ2) is 12.5. The Labute approximate surface area is 346 Å². The van der Waals surface area contributed by atoms with Gasteiger partial charge in [0.2, 0.25) is 0 Å². The van der Waals surface area contributed by atoms with Gasteiger partial charge in [-0.05, 0) is 76.2 Å². The molecule has 8 aromatic carbocycles. The minimum Gasteiger partial charge on any atom is -0.457 e. The molecule has 2 aliphatic rings. The third kappa shape index (κ3) is 4.64. The third-order valence-electron chi connectivity index (χ3n) is 12.7. The normalized spacial score (nSPS) is 13.3. The van der Waals surface area contributed by atoms with E-state index in [1.165, 1.54) is 27.6 Å². The van der Waals surface area contributed by atoms with Crippen LogP contribution < -0.4 is 4.74 Å². The van der Waals surface area contributed by atoms with Crippen LogP contribution in [-0.4, -0.2) is 15.0 Å². The maximum Gasteiger partial charge on any atom is 0.132 e. The highest BCUT2D eigenvalue weighted by atomic mass is 16.5. The molecular formula is C56H33N3O. The first kappa shape index (κ1) is 33.1. The van der Waals surface area contributed by atoms with Crippen LogP contribution in [0.4, 0.5) is 0 Å². The number of pyridine rings is 3. The Morgan fingerprint density at radius 1 is 0.350 bits per heavy atom. The molecule has 0 bridgehead atoms. The highest BCUT2D eigenvalue weighted by molar-refractivity contribution is 6.14. The molecule has 0 amide bonds. The van der Waals surface area contributed by atoms with Gasteiger partial charge in [-0.25, -0.2) is 15.0 Å². The summed E-state index contributed by atoms with van der Waals surface area (Å²) >= 11 is 0. The summed E-state index contributed by atoms with van der Waals surface area (Å²) in [6.45, 7) is 0. The van der Waals surface area contributed by atoms with Crippen molar-refractivity contribution in [3.63, 3.8) is 0 Å². The lowest BCUT2D eigenvalue weighted by Crippen LogP contribution is -2.32. The summed E-state index contributed by atoms with van der Waals surface area (Å²) in [6.07, 6.45) is 0. The van der Waals surface area contributed by atoms with Gasteiger partial charge in [-0.3, -0.25) is 0 Å². The lowest BCUT2D eigenvalue weighted by molar-refractivity contribution is 0.436. The molecule has 0 saturated carbocycles. The minimum atomic E-state index is -0.673. The number of rotatable bonds is 3. The molecule has 1 spiro atoms. The molecule has 0 N–H and O–H groups in total. The van der Waals surface area contributed by atoms with Gasteiger partial charge in [0.15, 0.2) is 0 Å². The van der Waals surface area contributed by atoms with Gasteiger partial charge < -0.3 is 4.74 Å². The van der Waals surface area contributed by atoms with E-state index >= 15 is 0 Å². The molecule has 4 nitrogen and oxygen atoms in total. The van der Waals surface area contributed by atoms with Gasteiger partial charge in [0.1, 0.15) is 11.5 Å². The molecule has 11 aromatic rings. The molecule has 60 heavy (non-hydrogen) atoms. The molecule has 1 aliphatic heterocycles. The zero-order valence-electron chi connectivity index (χ0n) is 32.3. The first-order valence-corrected chi connectivity index (χ1v) is 20.4. The van der Waals surface area contributed by atoms with Crippen molar-refractivity contribution in [2.24, 2.45) is 0 Å². The fourth-order valence-electron chi connectivity index (χ4n) is 10.0. The van der Waals surface area contributed by atoms with Crippen molar-refractivity contribution >= 4 is 43.5 Å². The number of hydrogen-bond donors (Lipinski definition) is 0. The Kier molecular flexibility index (Phi) is 6.90. The first-order valence-electron chi connectivity index (χ1n) is 20.4. The lowest BCUT2D eigenvalue weighted by atomic mass is 9.65. The number of fused-ring (bicyclic) bond motifs is 15.